The van der Waals surface area contributed by atoms with Crippen LogP contribution in [0.2, 0.25) is 0 Å². The molecule has 2 saturated heterocycles. The van der Waals surface area contributed by atoms with Crippen LogP contribution in [0.3, 0.4) is 0 Å². The number of hydrogen-bond donors (Lipinski definition) is 1. The van der Waals surface area contributed by atoms with Gasteiger partial charge in [0.1, 0.15) is 0 Å². The van der Waals surface area contributed by atoms with Crippen LogP contribution in [0.1, 0.15) is 62.7 Å². The van der Waals surface area contributed by atoms with Crippen molar-refractivity contribution < 1.29 is 14.4 Å². The van der Waals surface area contributed by atoms with Gasteiger partial charge in [-0.15, -0.1) is 0 Å². The van der Waals surface area contributed by atoms with Crippen LogP contribution in [0.25, 0.3) is 0 Å². The third kappa shape index (κ3) is 6.79. The SMILES string of the molecule is CCN(CC)C(=O)C1CCCN(CCCC2CCCN(CC(=O)N3c4ccccc4C(=O)Nc4cccnc43)C2)C1. The summed E-state index contributed by atoms with van der Waals surface area (Å²) in [5.41, 5.74) is 1.58. The smallest absolute Gasteiger partial charge is 0.257 e. The number of nitrogens with zero attached hydrogens (tertiary/aromatic N) is 5. The molecule has 5 rings (SSSR count). The fraction of sp³-hybridized carbons (Fsp3) is 0.562. The van der Waals surface area contributed by atoms with Crippen molar-refractivity contribution in [2.45, 2.75) is 52.4 Å². The molecule has 2 aromatic rings. The minimum Gasteiger partial charge on any atom is -0.343 e. The van der Waals surface area contributed by atoms with E-state index in [2.05, 4.69) is 33.9 Å². The first kappa shape index (κ1) is 29.2. The van der Waals surface area contributed by atoms with E-state index in [1.54, 1.807) is 29.3 Å². The fourth-order valence-corrected chi connectivity index (χ4v) is 6.74. The highest BCUT2D eigenvalue weighted by molar-refractivity contribution is 6.17. The number of likely N-dealkylation sites (tertiary alicyclic amines) is 2. The number of hydrogen-bond acceptors (Lipinski definition) is 6. The highest BCUT2D eigenvalue weighted by atomic mass is 16.2. The molecular formula is C32H44N6O3. The molecule has 41 heavy (non-hydrogen) atoms. The van der Waals surface area contributed by atoms with Crippen LogP contribution in [0.15, 0.2) is 42.6 Å². The van der Waals surface area contributed by atoms with Crippen molar-refractivity contribution in [3.63, 3.8) is 0 Å². The minimum absolute atomic E-state index is 0.0771. The third-order valence-electron chi connectivity index (χ3n) is 8.86. The molecule has 1 aromatic heterocycles. The Hall–Kier alpha value is -3.30. The van der Waals surface area contributed by atoms with Crippen LogP contribution in [0.5, 0.6) is 0 Å². The predicted molar refractivity (Wildman–Crippen MR) is 161 cm³/mol. The van der Waals surface area contributed by atoms with Crippen molar-refractivity contribution in [2.75, 3.05) is 62.6 Å². The summed E-state index contributed by atoms with van der Waals surface area (Å²) in [4.78, 5) is 52.4. The molecule has 0 saturated carbocycles. The third-order valence-corrected chi connectivity index (χ3v) is 8.86. The van der Waals surface area contributed by atoms with Gasteiger partial charge in [-0.1, -0.05) is 12.1 Å². The van der Waals surface area contributed by atoms with Crippen molar-refractivity contribution >= 4 is 34.9 Å². The summed E-state index contributed by atoms with van der Waals surface area (Å²) in [6.45, 7) is 10.8. The molecule has 220 valence electrons. The number of nitrogens with one attached hydrogen (secondary N) is 1. The molecule has 3 amide bonds. The average Bonchev–Trinajstić information content (AvgIpc) is 3.12. The molecule has 0 aliphatic carbocycles. The molecule has 0 radical (unpaired) electrons. The van der Waals surface area contributed by atoms with Crippen LogP contribution in [-0.2, 0) is 9.59 Å². The van der Waals surface area contributed by atoms with E-state index in [0.29, 0.717) is 34.6 Å². The number of amides is 3. The van der Waals surface area contributed by atoms with E-state index in [9.17, 15) is 14.4 Å². The molecule has 1 aromatic carbocycles. The van der Waals surface area contributed by atoms with Crippen molar-refractivity contribution in [1.29, 1.82) is 0 Å². The maximum Gasteiger partial charge on any atom is 0.257 e. The number of piperidine rings is 2. The molecule has 3 aliphatic heterocycles. The van der Waals surface area contributed by atoms with Crippen molar-refractivity contribution in [3.05, 3.63) is 48.2 Å². The number of pyridine rings is 1. The first-order valence-corrected chi connectivity index (χ1v) is 15.4. The van der Waals surface area contributed by atoms with Gasteiger partial charge in [-0.05, 0) is 102 Å². The second kappa shape index (κ2) is 13.6. The van der Waals surface area contributed by atoms with Gasteiger partial charge in [0.15, 0.2) is 5.82 Å². The molecule has 0 bridgehead atoms. The van der Waals surface area contributed by atoms with Crippen LogP contribution in [0.4, 0.5) is 17.2 Å². The number of anilines is 3. The van der Waals surface area contributed by atoms with E-state index in [-0.39, 0.29) is 24.3 Å². The Bertz CT molecular complexity index is 1230. The lowest BCUT2D eigenvalue weighted by molar-refractivity contribution is -0.137. The average molecular weight is 561 g/mol. The Morgan fingerprint density at radius 3 is 2.61 bits per heavy atom. The first-order valence-electron chi connectivity index (χ1n) is 15.4. The number of para-hydroxylation sites is 1. The topological polar surface area (TPSA) is 89.1 Å². The van der Waals surface area contributed by atoms with Gasteiger partial charge in [0, 0.05) is 32.4 Å². The van der Waals surface area contributed by atoms with Crippen molar-refractivity contribution in [2.24, 2.45) is 11.8 Å². The summed E-state index contributed by atoms with van der Waals surface area (Å²) >= 11 is 0. The Morgan fingerprint density at radius 2 is 1.78 bits per heavy atom. The Kier molecular flexibility index (Phi) is 9.67. The van der Waals surface area contributed by atoms with Gasteiger partial charge in [0.05, 0.1) is 29.4 Å². The first-order chi connectivity index (χ1) is 20.0. The van der Waals surface area contributed by atoms with E-state index in [1.165, 1.54) is 6.42 Å². The number of aromatic nitrogens is 1. The molecule has 1 N–H and O–H groups in total. The molecule has 2 fully saturated rings. The minimum atomic E-state index is -0.236. The molecule has 0 spiro atoms. The highest BCUT2D eigenvalue weighted by Gasteiger charge is 2.32. The highest BCUT2D eigenvalue weighted by Crippen LogP contribution is 2.36. The summed E-state index contributed by atoms with van der Waals surface area (Å²) < 4.78 is 0. The van der Waals surface area contributed by atoms with Crippen molar-refractivity contribution in [3.8, 4) is 0 Å². The van der Waals surface area contributed by atoms with E-state index >= 15 is 0 Å². The van der Waals surface area contributed by atoms with Crippen LogP contribution < -0.4 is 10.2 Å². The van der Waals surface area contributed by atoms with Gasteiger partial charge in [-0.25, -0.2) is 4.98 Å². The lowest BCUT2D eigenvalue weighted by Crippen LogP contribution is -2.45. The maximum absolute atomic E-state index is 13.8. The summed E-state index contributed by atoms with van der Waals surface area (Å²) in [5.74, 6) is 1.15. The van der Waals surface area contributed by atoms with E-state index in [4.69, 9.17) is 0 Å². The van der Waals surface area contributed by atoms with E-state index < -0.39 is 0 Å². The molecule has 9 nitrogen and oxygen atoms in total. The second-order valence-electron chi connectivity index (χ2n) is 11.6. The fourth-order valence-electron chi connectivity index (χ4n) is 6.74. The lowest BCUT2D eigenvalue weighted by atomic mass is 9.92. The summed E-state index contributed by atoms with van der Waals surface area (Å²) in [6, 6.07) is 10.8. The lowest BCUT2D eigenvalue weighted by Gasteiger charge is -2.36. The molecule has 2 atom stereocenters. The second-order valence-corrected chi connectivity index (χ2v) is 11.6. The Balaban J connectivity index is 1.16. The largest absolute Gasteiger partial charge is 0.343 e. The quantitative estimate of drug-likeness (QED) is 0.490. The van der Waals surface area contributed by atoms with Crippen LogP contribution in [0, 0.1) is 11.8 Å². The molecular weight excluding hydrogens is 516 g/mol. The number of benzene rings is 1. The summed E-state index contributed by atoms with van der Waals surface area (Å²) in [6.07, 6.45) is 8.25. The maximum atomic E-state index is 13.8. The molecule has 2 unspecified atom stereocenters. The van der Waals surface area contributed by atoms with E-state index in [1.807, 2.05) is 23.1 Å². The Labute approximate surface area is 243 Å². The van der Waals surface area contributed by atoms with Gasteiger partial charge in [-0.3, -0.25) is 24.2 Å². The monoisotopic (exact) mass is 560 g/mol. The van der Waals surface area contributed by atoms with Gasteiger partial charge in [0.2, 0.25) is 11.8 Å². The van der Waals surface area contributed by atoms with Gasteiger partial charge in [-0.2, -0.15) is 0 Å². The molecule has 3 aliphatic rings. The molecule has 9 heteroatoms. The van der Waals surface area contributed by atoms with Crippen molar-refractivity contribution in [1.82, 2.24) is 19.7 Å². The standard InChI is InChI=1S/C32H44N6O3/c1-3-37(4-2)32(41)25-13-10-19-35(22-25)18-8-11-24-12-9-20-36(21-24)23-29(39)38-28-16-6-5-14-26(28)31(40)34-27-15-7-17-33-30(27)38/h5-7,14-17,24-25H,3-4,8-13,18-23H2,1-2H3,(H,34,40). The van der Waals surface area contributed by atoms with Crippen LogP contribution >= 0.6 is 0 Å². The van der Waals surface area contributed by atoms with Gasteiger partial charge in [0.25, 0.3) is 5.91 Å². The Morgan fingerprint density at radius 1 is 1.00 bits per heavy atom. The zero-order chi connectivity index (χ0) is 28.8. The number of rotatable bonds is 9. The number of fused-ring (bicyclic) bond motifs is 2. The number of carbonyl (C=O) groups is 3. The molecule has 4 heterocycles. The van der Waals surface area contributed by atoms with E-state index in [0.717, 1.165) is 77.9 Å². The zero-order valence-corrected chi connectivity index (χ0v) is 24.6. The predicted octanol–water partition coefficient (Wildman–Crippen LogP) is 4.38. The normalized spacial score (nSPS) is 21.4. The van der Waals surface area contributed by atoms with Gasteiger partial charge < -0.3 is 15.1 Å². The van der Waals surface area contributed by atoms with Crippen LogP contribution in [-0.4, -0.2) is 89.8 Å². The summed E-state index contributed by atoms with van der Waals surface area (Å²) in [7, 11) is 0. The van der Waals surface area contributed by atoms with Gasteiger partial charge >= 0.3 is 0 Å². The summed E-state index contributed by atoms with van der Waals surface area (Å²) in [5, 5.41) is 2.91. The number of carbonyl (C=O) groups excluding carboxylic acids is 3. The zero-order valence-electron chi connectivity index (χ0n) is 24.6.